The number of carbonyl (C=O) groups excluding carboxylic acids is 1. The molecule has 0 spiro atoms. The van der Waals surface area contributed by atoms with Gasteiger partial charge in [-0.05, 0) is 27.7 Å². The first kappa shape index (κ1) is 15.4. The molecule has 0 aromatic rings. The van der Waals surface area contributed by atoms with Crippen LogP contribution in [0.5, 0.6) is 0 Å². The van der Waals surface area contributed by atoms with Gasteiger partial charge in [-0.15, -0.1) is 6.42 Å². The van der Waals surface area contributed by atoms with E-state index in [-0.39, 0.29) is 17.5 Å². The molecule has 0 atom stereocenters. The summed E-state index contributed by atoms with van der Waals surface area (Å²) in [5.41, 5.74) is -0.225. The van der Waals surface area contributed by atoms with Crippen LogP contribution in [-0.4, -0.2) is 59.9 Å². The topological polar surface area (TPSA) is 47.9 Å². The van der Waals surface area contributed by atoms with E-state index < -0.39 is 0 Å². The highest BCUT2D eigenvalue weighted by atomic mass is 16.2. The molecular formula is C14H24N4O. The second kappa shape index (κ2) is 5.96. The normalized spacial score (nSPS) is 19.6. The van der Waals surface area contributed by atoms with Crippen molar-refractivity contribution in [1.29, 1.82) is 0 Å². The molecule has 0 aliphatic carbocycles. The lowest BCUT2D eigenvalue weighted by molar-refractivity contribution is -0.145. The Morgan fingerprint density at radius 1 is 1.58 bits per heavy atom. The van der Waals surface area contributed by atoms with E-state index in [2.05, 4.69) is 30.1 Å². The van der Waals surface area contributed by atoms with Gasteiger partial charge in [-0.25, -0.2) is 0 Å². The molecule has 1 heterocycles. The van der Waals surface area contributed by atoms with E-state index >= 15 is 0 Å². The summed E-state index contributed by atoms with van der Waals surface area (Å²) in [7, 11) is 1.70. The lowest BCUT2D eigenvalue weighted by Crippen LogP contribution is -2.66. The molecule has 0 bridgehead atoms. The van der Waals surface area contributed by atoms with Crippen LogP contribution in [-0.2, 0) is 4.79 Å². The van der Waals surface area contributed by atoms with Gasteiger partial charge in [-0.1, -0.05) is 5.92 Å². The molecule has 106 valence electrons. The predicted octanol–water partition coefficient (Wildman–Crippen LogP) is 0.526. The molecule has 5 nitrogen and oxygen atoms in total. The third-order valence-corrected chi connectivity index (χ3v) is 3.20. The first-order valence-corrected chi connectivity index (χ1v) is 6.54. The van der Waals surface area contributed by atoms with E-state index in [9.17, 15) is 4.79 Å². The van der Waals surface area contributed by atoms with Crippen molar-refractivity contribution in [3.63, 3.8) is 0 Å². The van der Waals surface area contributed by atoms with Crippen LogP contribution in [0.25, 0.3) is 0 Å². The summed E-state index contributed by atoms with van der Waals surface area (Å²) in [4.78, 5) is 20.4. The van der Waals surface area contributed by atoms with Gasteiger partial charge in [-0.3, -0.25) is 9.79 Å². The summed E-state index contributed by atoms with van der Waals surface area (Å²) >= 11 is 0. The predicted molar refractivity (Wildman–Crippen MR) is 77.8 cm³/mol. The fourth-order valence-corrected chi connectivity index (χ4v) is 2.78. The first-order valence-electron chi connectivity index (χ1n) is 6.54. The summed E-state index contributed by atoms with van der Waals surface area (Å²) in [5.74, 6) is 3.32. The number of piperazine rings is 1. The van der Waals surface area contributed by atoms with Crippen molar-refractivity contribution >= 4 is 11.9 Å². The first-order chi connectivity index (χ1) is 8.83. The van der Waals surface area contributed by atoms with Gasteiger partial charge in [0.05, 0.1) is 18.6 Å². The molecule has 0 unspecified atom stereocenters. The van der Waals surface area contributed by atoms with Gasteiger partial charge in [0.25, 0.3) is 0 Å². The Labute approximate surface area is 116 Å². The number of amides is 1. The second-order valence-corrected chi connectivity index (χ2v) is 5.63. The molecule has 0 saturated carbocycles. The fourth-order valence-electron chi connectivity index (χ4n) is 2.78. The van der Waals surface area contributed by atoms with Crippen molar-refractivity contribution in [1.82, 2.24) is 15.1 Å². The van der Waals surface area contributed by atoms with Crippen molar-refractivity contribution < 1.29 is 4.79 Å². The number of terminal acetylenes is 1. The summed E-state index contributed by atoms with van der Waals surface area (Å²) in [6, 6.07) is 0.199. The standard InChI is InChI=1S/C14H24N4O/c1-7-8-16-13(15-6)17-9-12(19)18(11(2)3)14(4,5)10-17/h1,11H,8-10H2,2-6H3,(H,15,16). The Bertz CT molecular complexity index is 406. The van der Waals surface area contributed by atoms with Gasteiger partial charge >= 0.3 is 0 Å². The zero-order chi connectivity index (χ0) is 14.6. The molecule has 1 amide bonds. The summed E-state index contributed by atoms with van der Waals surface area (Å²) in [5, 5.41) is 3.06. The summed E-state index contributed by atoms with van der Waals surface area (Å²) in [6.45, 7) is 9.72. The highest BCUT2D eigenvalue weighted by molar-refractivity contribution is 5.88. The number of hydrogen-bond acceptors (Lipinski definition) is 2. The Hall–Kier alpha value is -1.70. The molecule has 1 fully saturated rings. The molecule has 1 rings (SSSR count). The van der Waals surface area contributed by atoms with Gasteiger partial charge in [0.1, 0.15) is 0 Å². The Kier molecular flexibility index (Phi) is 4.82. The fraction of sp³-hybridized carbons (Fsp3) is 0.714. The quantitative estimate of drug-likeness (QED) is 0.449. The minimum Gasteiger partial charge on any atom is -0.345 e. The number of guanidine groups is 1. The number of nitrogens with zero attached hydrogens (tertiary/aromatic N) is 3. The van der Waals surface area contributed by atoms with Crippen molar-refractivity contribution in [2.24, 2.45) is 4.99 Å². The number of nitrogens with one attached hydrogen (secondary N) is 1. The summed E-state index contributed by atoms with van der Waals surface area (Å²) < 4.78 is 0. The highest BCUT2D eigenvalue weighted by Gasteiger charge is 2.40. The van der Waals surface area contributed by atoms with Crippen LogP contribution in [0.3, 0.4) is 0 Å². The number of aliphatic imine (C=N–C) groups is 1. The second-order valence-electron chi connectivity index (χ2n) is 5.63. The van der Waals surface area contributed by atoms with Crippen LogP contribution in [0.2, 0.25) is 0 Å². The van der Waals surface area contributed by atoms with Crippen molar-refractivity contribution in [3.05, 3.63) is 0 Å². The summed E-state index contributed by atoms with van der Waals surface area (Å²) in [6.07, 6.45) is 5.24. The van der Waals surface area contributed by atoms with Crippen LogP contribution >= 0.6 is 0 Å². The molecule has 1 saturated heterocycles. The molecule has 5 heteroatoms. The molecule has 0 aromatic carbocycles. The van der Waals surface area contributed by atoms with Gasteiger partial charge in [0.15, 0.2) is 5.96 Å². The minimum atomic E-state index is -0.225. The maximum atomic E-state index is 12.3. The van der Waals surface area contributed by atoms with Gasteiger partial charge in [-0.2, -0.15) is 0 Å². The molecule has 1 N–H and O–H groups in total. The Morgan fingerprint density at radius 2 is 2.21 bits per heavy atom. The minimum absolute atomic E-state index is 0.120. The molecule has 0 radical (unpaired) electrons. The third-order valence-electron chi connectivity index (χ3n) is 3.20. The molecule has 0 aromatic heterocycles. The Morgan fingerprint density at radius 3 is 2.63 bits per heavy atom. The largest absolute Gasteiger partial charge is 0.345 e. The van der Waals surface area contributed by atoms with E-state index in [0.29, 0.717) is 19.0 Å². The maximum Gasteiger partial charge on any atom is 0.242 e. The van der Waals surface area contributed by atoms with E-state index in [1.54, 1.807) is 7.05 Å². The van der Waals surface area contributed by atoms with Crippen molar-refractivity contribution in [2.75, 3.05) is 26.7 Å². The van der Waals surface area contributed by atoms with Crippen LogP contribution < -0.4 is 5.32 Å². The van der Waals surface area contributed by atoms with Crippen LogP contribution in [0.15, 0.2) is 4.99 Å². The Balaban J connectivity index is 2.88. The third kappa shape index (κ3) is 3.40. The smallest absolute Gasteiger partial charge is 0.242 e. The molecule has 19 heavy (non-hydrogen) atoms. The van der Waals surface area contributed by atoms with Crippen LogP contribution in [0.1, 0.15) is 27.7 Å². The lowest BCUT2D eigenvalue weighted by atomic mass is 9.96. The number of hydrogen-bond donors (Lipinski definition) is 1. The van der Waals surface area contributed by atoms with E-state index in [0.717, 1.165) is 6.54 Å². The zero-order valence-corrected chi connectivity index (χ0v) is 12.5. The molecular weight excluding hydrogens is 240 g/mol. The van der Waals surface area contributed by atoms with Crippen LogP contribution in [0, 0.1) is 12.3 Å². The average Bonchev–Trinajstić information content (AvgIpc) is 2.27. The molecule has 1 aliphatic rings. The lowest BCUT2D eigenvalue weighted by Gasteiger charge is -2.49. The monoisotopic (exact) mass is 264 g/mol. The van der Waals surface area contributed by atoms with Crippen LogP contribution in [0.4, 0.5) is 0 Å². The number of rotatable bonds is 2. The van der Waals surface area contributed by atoms with Gasteiger partial charge < -0.3 is 15.1 Å². The van der Waals surface area contributed by atoms with Crippen molar-refractivity contribution in [3.8, 4) is 12.3 Å². The highest BCUT2D eigenvalue weighted by Crippen LogP contribution is 2.24. The molecule has 1 aliphatic heterocycles. The van der Waals surface area contributed by atoms with Crippen molar-refractivity contribution in [2.45, 2.75) is 39.3 Å². The van der Waals surface area contributed by atoms with E-state index in [4.69, 9.17) is 6.42 Å². The zero-order valence-electron chi connectivity index (χ0n) is 12.5. The van der Waals surface area contributed by atoms with E-state index in [1.807, 2.05) is 23.6 Å². The average molecular weight is 264 g/mol. The van der Waals surface area contributed by atoms with Gasteiger partial charge in [0.2, 0.25) is 5.91 Å². The van der Waals surface area contributed by atoms with E-state index in [1.165, 1.54) is 0 Å². The SMILES string of the molecule is C#CCNC(=NC)N1CC(=O)N(C(C)C)C(C)(C)C1. The van der Waals surface area contributed by atoms with Gasteiger partial charge in [0, 0.05) is 19.6 Å². The maximum absolute atomic E-state index is 12.3. The number of carbonyl (C=O) groups is 1.